The second-order valence-corrected chi connectivity index (χ2v) is 4.69. The third-order valence-corrected chi connectivity index (χ3v) is 3.14. The van der Waals surface area contributed by atoms with Gasteiger partial charge < -0.3 is 30.0 Å². The van der Waals surface area contributed by atoms with Crippen molar-refractivity contribution >= 4 is 12.0 Å². The molecule has 1 N–H and O–H groups in total. The fraction of sp³-hybridized carbons (Fsp3) is 0.250. The van der Waals surface area contributed by atoms with Crippen LogP contribution in [0.4, 0.5) is 0 Å². The molecule has 0 unspecified atom stereocenters. The summed E-state index contributed by atoms with van der Waals surface area (Å²) in [7, 11) is 0. The van der Waals surface area contributed by atoms with Gasteiger partial charge in [-0.3, -0.25) is 9.53 Å². The molecule has 0 aromatic carbocycles. The molecule has 0 saturated heterocycles. The standard InChI is InChI=1S/C16H18N3O3.2ClH/c1-2-16(20)14-6-5-8-18(11-14)12-22-13-19-9-4-3-7-15(19)10-17-21;;/h3-11H,2,12-13H2,1H3;2*1H/q+1;;/p-1. The first-order valence-electron chi connectivity index (χ1n) is 7.00. The van der Waals surface area contributed by atoms with E-state index >= 15 is 0 Å². The van der Waals surface area contributed by atoms with Gasteiger partial charge in [-0.15, -0.1) is 0 Å². The number of oxime groups is 1. The van der Waals surface area contributed by atoms with E-state index in [2.05, 4.69) is 5.16 Å². The number of nitrogens with zero attached hydrogens (tertiary/aromatic N) is 3. The maximum Gasteiger partial charge on any atom is 0.258 e. The predicted octanol–water partition coefficient (Wildman–Crippen LogP) is -4.70. The Kier molecular flexibility index (Phi) is 10.5. The Balaban J connectivity index is 0.00000264. The fourth-order valence-corrected chi connectivity index (χ4v) is 2.00. The number of carbonyl (C=O) groups is 1. The summed E-state index contributed by atoms with van der Waals surface area (Å²) in [6.45, 7) is 2.47. The van der Waals surface area contributed by atoms with Crippen molar-refractivity contribution in [3.8, 4) is 0 Å². The highest BCUT2D eigenvalue weighted by atomic mass is 35.5. The summed E-state index contributed by atoms with van der Waals surface area (Å²) in [5.41, 5.74) is 1.40. The van der Waals surface area contributed by atoms with Gasteiger partial charge in [-0.05, 0) is 12.1 Å². The maximum absolute atomic E-state index is 11.7. The first-order valence-corrected chi connectivity index (χ1v) is 7.00. The van der Waals surface area contributed by atoms with Crippen LogP contribution in [-0.2, 0) is 18.2 Å². The second-order valence-electron chi connectivity index (χ2n) is 4.69. The molecule has 130 valence electrons. The number of hydrogen-bond acceptors (Lipinski definition) is 4. The van der Waals surface area contributed by atoms with E-state index in [0.717, 1.165) is 5.69 Å². The van der Waals surface area contributed by atoms with Gasteiger partial charge in [0.2, 0.25) is 5.69 Å². The third-order valence-electron chi connectivity index (χ3n) is 3.14. The van der Waals surface area contributed by atoms with E-state index in [1.165, 1.54) is 6.21 Å². The van der Waals surface area contributed by atoms with E-state index < -0.39 is 0 Å². The van der Waals surface area contributed by atoms with Crippen LogP contribution in [0.2, 0.25) is 0 Å². The first-order chi connectivity index (χ1) is 10.7. The zero-order valence-electron chi connectivity index (χ0n) is 13.2. The van der Waals surface area contributed by atoms with E-state index in [1.54, 1.807) is 16.8 Å². The molecular weight excluding hydrogens is 353 g/mol. The molecule has 0 spiro atoms. The van der Waals surface area contributed by atoms with E-state index in [1.807, 2.05) is 48.1 Å². The quantitative estimate of drug-likeness (QED) is 0.175. The van der Waals surface area contributed by atoms with Crippen molar-refractivity contribution in [1.82, 2.24) is 0 Å². The third kappa shape index (κ3) is 6.23. The highest BCUT2D eigenvalue weighted by Crippen LogP contribution is 1.99. The Morgan fingerprint density at radius 1 is 1.21 bits per heavy atom. The molecule has 0 amide bonds. The summed E-state index contributed by atoms with van der Waals surface area (Å²) in [6, 6.07) is 9.15. The summed E-state index contributed by atoms with van der Waals surface area (Å²) in [5.74, 6) is 0.105. The van der Waals surface area contributed by atoms with Crippen molar-refractivity contribution in [2.24, 2.45) is 5.16 Å². The SMILES string of the molecule is CCC(=O)c1ccc[n+](COC[n+]2ccccc2/C=N/O)c1.[Cl-].[Cl-]. The second kappa shape index (κ2) is 11.5. The molecule has 0 fully saturated rings. The van der Waals surface area contributed by atoms with Crippen molar-refractivity contribution in [3.63, 3.8) is 0 Å². The topological polar surface area (TPSA) is 66.7 Å². The number of ether oxygens (including phenoxy) is 1. The van der Waals surface area contributed by atoms with Gasteiger partial charge in [0.05, 0.1) is 5.56 Å². The maximum atomic E-state index is 11.7. The predicted molar refractivity (Wildman–Crippen MR) is 78.4 cm³/mol. The van der Waals surface area contributed by atoms with Crippen LogP contribution in [0.1, 0.15) is 29.4 Å². The summed E-state index contributed by atoms with van der Waals surface area (Å²) in [6.07, 6.45) is 7.28. The highest BCUT2D eigenvalue weighted by molar-refractivity contribution is 5.95. The minimum absolute atomic E-state index is 0. The Labute approximate surface area is 153 Å². The van der Waals surface area contributed by atoms with Crippen LogP contribution in [0, 0.1) is 0 Å². The Bertz CT molecular complexity index is 681. The monoisotopic (exact) mass is 371 g/mol. The number of rotatable bonds is 7. The molecule has 0 atom stereocenters. The molecule has 0 bridgehead atoms. The summed E-state index contributed by atoms with van der Waals surface area (Å²) in [5, 5.41) is 11.7. The number of Topliss-reactive ketones (excluding diaryl/α,β-unsaturated/α-hetero) is 1. The molecule has 0 radical (unpaired) electrons. The Morgan fingerprint density at radius 3 is 2.71 bits per heavy atom. The van der Waals surface area contributed by atoms with E-state index in [9.17, 15) is 4.79 Å². The first kappa shape index (κ1) is 22.0. The van der Waals surface area contributed by atoms with Gasteiger partial charge in [-0.2, -0.15) is 9.13 Å². The Morgan fingerprint density at radius 2 is 2.00 bits per heavy atom. The van der Waals surface area contributed by atoms with Crippen LogP contribution >= 0.6 is 0 Å². The van der Waals surface area contributed by atoms with Crippen LogP contribution in [0.15, 0.2) is 54.1 Å². The average molecular weight is 372 g/mol. The van der Waals surface area contributed by atoms with Crippen LogP contribution in [0.3, 0.4) is 0 Å². The van der Waals surface area contributed by atoms with Crippen molar-refractivity contribution in [3.05, 3.63) is 60.2 Å². The average Bonchev–Trinajstić information content (AvgIpc) is 2.56. The lowest BCUT2D eigenvalue weighted by Gasteiger charge is -2.01. The molecular formula is C16H19Cl2N3O3. The van der Waals surface area contributed by atoms with Crippen LogP contribution in [-0.4, -0.2) is 17.2 Å². The van der Waals surface area contributed by atoms with Crippen molar-refractivity contribution in [1.29, 1.82) is 0 Å². The van der Waals surface area contributed by atoms with Crippen LogP contribution < -0.4 is 33.9 Å². The minimum atomic E-state index is 0. The van der Waals surface area contributed by atoms with Gasteiger partial charge in [0, 0.05) is 24.6 Å². The molecule has 2 aromatic heterocycles. The summed E-state index contributed by atoms with van der Waals surface area (Å²) >= 11 is 0. The number of aromatic nitrogens is 2. The van der Waals surface area contributed by atoms with Gasteiger partial charge in [-0.25, -0.2) is 0 Å². The highest BCUT2D eigenvalue weighted by Gasteiger charge is 2.11. The Hall–Kier alpha value is -2.02. The lowest BCUT2D eigenvalue weighted by Crippen LogP contribution is -3.00. The number of pyridine rings is 2. The summed E-state index contributed by atoms with van der Waals surface area (Å²) in [4.78, 5) is 11.7. The van der Waals surface area contributed by atoms with Gasteiger partial charge >= 0.3 is 0 Å². The van der Waals surface area contributed by atoms with E-state index in [0.29, 0.717) is 25.4 Å². The zero-order valence-corrected chi connectivity index (χ0v) is 14.7. The number of ketones is 1. The van der Waals surface area contributed by atoms with Gasteiger partial charge in [0.25, 0.3) is 13.5 Å². The molecule has 0 saturated carbocycles. The zero-order chi connectivity index (χ0) is 15.8. The van der Waals surface area contributed by atoms with Crippen LogP contribution in [0.5, 0.6) is 0 Å². The normalized spacial score (nSPS) is 10.0. The molecule has 0 aliphatic carbocycles. The molecule has 2 rings (SSSR count). The molecule has 2 aromatic rings. The van der Waals surface area contributed by atoms with Gasteiger partial charge in [0.1, 0.15) is 6.21 Å². The van der Waals surface area contributed by atoms with Gasteiger partial charge in [0.15, 0.2) is 24.4 Å². The molecule has 2 heterocycles. The number of hydrogen-bond donors (Lipinski definition) is 1. The molecule has 0 aliphatic rings. The van der Waals surface area contributed by atoms with Crippen molar-refractivity contribution < 1.29 is 48.7 Å². The molecule has 8 heteroatoms. The van der Waals surface area contributed by atoms with Gasteiger partial charge in [-0.1, -0.05) is 12.1 Å². The molecule has 6 nitrogen and oxygen atoms in total. The fourth-order valence-electron chi connectivity index (χ4n) is 2.00. The summed E-state index contributed by atoms with van der Waals surface area (Å²) < 4.78 is 9.25. The number of carbonyl (C=O) groups excluding carboxylic acids is 1. The van der Waals surface area contributed by atoms with Crippen LogP contribution in [0.25, 0.3) is 0 Å². The van der Waals surface area contributed by atoms with E-state index in [4.69, 9.17) is 9.94 Å². The largest absolute Gasteiger partial charge is 1.00 e. The molecule has 24 heavy (non-hydrogen) atoms. The van der Waals surface area contributed by atoms with E-state index in [-0.39, 0.29) is 30.6 Å². The smallest absolute Gasteiger partial charge is 0.258 e. The molecule has 0 aliphatic heterocycles. The van der Waals surface area contributed by atoms with Crippen molar-refractivity contribution in [2.45, 2.75) is 26.8 Å². The lowest BCUT2D eigenvalue weighted by molar-refractivity contribution is -0.788. The lowest BCUT2D eigenvalue weighted by atomic mass is 10.1. The number of halogens is 2. The van der Waals surface area contributed by atoms with Crippen molar-refractivity contribution in [2.75, 3.05) is 0 Å². The minimum Gasteiger partial charge on any atom is -1.00 e.